The van der Waals surface area contributed by atoms with E-state index in [1.165, 1.54) is 15.9 Å². The van der Waals surface area contributed by atoms with Gasteiger partial charge in [-0.1, -0.05) is 0 Å². The van der Waals surface area contributed by atoms with E-state index < -0.39 is 16.2 Å². The van der Waals surface area contributed by atoms with Crippen molar-refractivity contribution in [3.8, 4) is 0 Å². The van der Waals surface area contributed by atoms with Crippen molar-refractivity contribution >= 4 is 20.5 Å². The molecule has 0 saturated carbocycles. The number of carbonyl (C=O) groups is 2. The van der Waals surface area contributed by atoms with Gasteiger partial charge in [-0.3, -0.25) is 4.79 Å². The zero-order chi connectivity index (χ0) is 9.98. The average molecular weight is 258 g/mol. The van der Waals surface area contributed by atoms with Gasteiger partial charge in [0.05, 0.1) is 0 Å². The third-order valence-electron chi connectivity index (χ3n) is 0.514. The fraction of sp³-hybridized carbons (Fsp3) is 0.286. The van der Waals surface area contributed by atoms with Gasteiger partial charge in [0.25, 0.3) is 0 Å². The summed E-state index contributed by atoms with van der Waals surface area (Å²) < 4.78 is 2.83. The molecule has 0 aromatic carbocycles. The Labute approximate surface area is 76.6 Å². The summed E-state index contributed by atoms with van der Waals surface area (Å²) in [6.07, 6.45) is -0.0278. The van der Waals surface area contributed by atoms with Crippen molar-refractivity contribution in [2.75, 3.05) is 0 Å². The minimum absolute atomic E-state index is 0.0278. The molecule has 0 amide bonds. The summed E-state index contributed by atoms with van der Waals surface area (Å²) in [6.45, 7) is 4.38. The Morgan fingerprint density at radius 3 is 1.75 bits per heavy atom. The van der Waals surface area contributed by atoms with Crippen LogP contribution in [0.2, 0.25) is 0 Å². The van der Waals surface area contributed by atoms with E-state index in [1.807, 2.05) is 0 Å². The SMILES string of the molecule is O=[C]=[Rh]=[C]=O.[CH2-]C(=O)CC(C)=O. The zero-order valence-electron chi connectivity index (χ0n) is 6.38. The van der Waals surface area contributed by atoms with Crippen molar-refractivity contribution < 1.29 is 35.4 Å². The molecule has 0 aliphatic carbocycles. The maximum atomic E-state index is 9.99. The molecule has 0 heterocycles. The van der Waals surface area contributed by atoms with Gasteiger partial charge in [0.15, 0.2) is 0 Å². The summed E-state index contributed by atoms with van der Waals surface area (Å²) in [6, 6.07) is 0. The van der Waals surface area contributed by atoms with Gasteiger partial charge in [-0.2, -0.15) is 0 Å². The second-order valence-corrected chi connectivity index (χ2v) is 2.72. The Hall–Kier alpha value is -1.01. The van der Waals surface area contributed by atoms with Gasteiger partial charge < -0.3 is 11.7 Å². The molecule has 0 rings (SSSR count). The van der Waals surface area contributed by atoms with Gasteiger partial charge in [0, 0.05) is 12.2 Å². The predicted octanol–water partition coefficient (Wildman–Crippen LogP) is -0.428. The molecule has 0 saturated heterocycles. The smallest absolute Gasteiger partial charge is 0.134 e. The number of rotatable bonds is 2. The van der Waals surface area contributed by atoms with E-state index in [1.54, 1.807) is 0 Å². The molecule has 69 valence electrons. The largest absolute Gasteiger partial charge is 0.339 e. The molecular weight excluding hydrogens is 251 g/mol. The van der Waals surface area contributed by atoms with Crippen LogP contribution >= 0.6 is 0 Å². The fourth-order valence-corrected chi connectivity index (χ4v) is 0.360. The summed E-state index contributed by atoms with van der Waals surface area (Å²) in [5, 5.41) is 0. The predicted molar refractivity (Wildman–Crippen MR) is 37.0 cm³/mol. The van der Waals surface area contributed by atoms with E-state index in [9.17, 15) is 9.59 Å². The minimum Gasteiger partial charge on any atom is -0.339 e. The number of ketones is 2. The van der Waals surface area contributed by atoms with Gasteiger partial charge in [0.2, 0.25) is 0 Å². The summed E-state index contributed by atoms with van der Waals surface area (Å²) in [7, 11) is 0. The topological polar surface area (TPSA) is 68.3 Å². The first-order chi connectivity index (χ1) is 5.54. The molecule has 0 N–H and O–H groups in total. The molecule has 5 heteroatoms. The van der Waals surface area contributed by atoms with E-state index in [0.29, 0.717) is 0 Å². The maximum Gasteiger partial charge on any atom is 0.134 e. The van der Waals surface area contributed by atoms with Gasteiger partial charge in [-0.05, 0) is 6.92 Å². The summed E-state index contributed by atoms with van der Waals surface area (Å²) in [4.78, 5) is 38.0. The Bertz CT molecular complexity index is 241. The first-order valence-electron chi connectivity index (χ1n) is 2.71. The number of carbonyl (C=O) groups excluding carboxylic acids is 4. The van der Waals surface area contributed by atoms with Crippen LogP contribution in [0.1, 0.15) is 13.3 Å². The Balaban J connectivity index is 0. The summed E-state index contributed by atoms with van der Waals surface area (Å²) in [5.41, 5.74) is 0. The van der Waals surface area contributed by atoms with E-state index in [4.69, 9.17) is 9.59 Å². The van der Waals surface area contributed by atoms with E-state index in [0.717, 1.165) is 0 Å². The van der Waals surface area contributed by atoms with Crippen LogP contribution in [0.15, 0.2) is 0 Å². The van der Waals surface area contributed by atoms with Crippen molar-refractivity contribution in [1.82, 2.24) is 0 Å². The molecule has 0 aliphatic rings. The van der Waals surface area contributed by atoms with Crippen molar-refractivity contribution in [1.29, 1.82) is 0 Å². The molecule has 0 unspecified atom stereocenters. The van der Waals surface area contributed by atoms with Crippen molar-refractivity contribution in [3.05, 3.63) is 6.92 Å². The van der Waals surface area contributed by atoms with Crippen LogP contribution in [0, 0.1) is 6.92 Å². The minimum atomic E-state index is -0.704. The third kappa shape index (κ3) is 23.0. The van der Waals surface area contributed by atoms with Crippen LogP contribution in [-0.2, 0) is 35.4 Å². The van der Waals surface area contributed by atoms with Gasteiger partial charge >= 0.3 is 34.8 Å². The third-order valence-corrected chi connectivity index (χ3v) is 0.849. The first kappa shape index (κ1) is 13.6. The number of Topliss-reactive ketones (excluding diaryl/α,β-unsaturated/α-hetero) is 2. The molecule has 0 atom stereocenters. The molecule has 0 spiro atoms. The van der Waals surface area contributed by atoms with E-state index >= 15 is 0 Å². The van der Waals surface area contributed by atoms with Crippen LogP contribution in [0.3, 0.4) is 0 Å². The monoisotopic (exact) mass is 258 g/mol. The van der Waals surface area contributed by atoms with Crippen molar-refractivity contribution in [3.63, 3.8) is 0 Å². The van der Waals surface area contributed by atoms with Gasteiger partial charge in [-0.15, -0.1) is 0 Å². The summed E-state index contributed by atoms with van der Waals surface area (Å²) >= 11 is -0.704. The van der Waals surface area contributed by atoms with Crippen LogP contribution in [0.4, 0.5) is 0 Å². The average Bonchev–Trinajstić information content (AvgIpc) is 1.87. The van der Waals surface area contributed by atoms with Crippen LogP contribution in [-0.4, -0.2) is 20.5 Å². The quantitative estimate of drug-likeness (QED) is 0.383. The zero-order valence-corrected chi connectivity index (χ0v) is 8.02. The first-order valence-corrected chi connectivity index (χ1v) is 4.35. The summed E-state index contributed by atoms with van der Waals surface area (Å²) in [5.74, 6) is -0.437. The fourth-order valence-electron chi connectivity index (χ4n) is 0.292. The molecule has 12 heavy (non-hydrogen) atoms. The Morgan fingerprint density at radius 2 is 1.75 bits per heavy atom. The van der Waals surface area contributed by atoms with Crippen LogP contribution in [0.5, 0.6) is 0 Å². The van der Waals surface area contributed by atoms with Crippen LogP contribution < -0.4 is 0 Å². The second kappa shape index (κ2) is 9.99. The molecule has 0 bridgehead atoms. The van der Waals surface area contributed by atoms with E-state index in [2.05, 4.69) is 6.92 Å². The molecule has 0 radical (unpaired) electrons. The van der Waals surface area contributed by atoms with E-state index in [-0.39, 0.29) is 18.0 Å². The second-order valence-electron chi connectivity index (χ2n) is 1.64. The van der Waals surface area contributed by atoms with Crippen molar-refractivity contribution in [2.45, 2.75) is 13.3 Å². The van der Waals surface area contributed by atoms with Gasteiger partial charge in [-0.25, -0.2) is 0 Å². The standard InChI is InChI=1S/C5H7O2.2CO.Rh/c1-4(6)3-5(2)7;2*1-2;/h1,3H2,2H3;;;/q-1;;;. The molecule has 4 nitrogen and oxygen atoms in total. The van der Waals surface area contributed by atoms with Gasteiger partial charge in [0.1, 0.15) is 5.78 Å². The molecule has 0 aliphatic heterocycles. The number of hydrogen-bond donors (Lipinski definition) is 0. The Morgan fingerprint density at radius 1 is 1.33 bits per heavy atom. The van der Waals surface area contributed by atoms with Crippen molar-refractivity contribution in [2.24, 2.45) is 0 Å². The van der Waals surface area contributed by atoms with Crippen LogP contribution in [0.25, 0.3) is 0 Å². The Kier molecular flexibility index (Phi) is 11.3. The normalized spacial score (nSPS) is 6.75. The molecular formula is C7H7O4Rh-. The molecule has 0 aromatic rings. The molecule has 0 aromatic heterocycles. The number of hydrogen-bond acceptors (Lipinski definition) is 4. The molecule has 0 fully saturated rings. The maximum absolute atomic E-state index is 9.99.